The molecule has 0 bridgehead atoms. The predicted molar refractivity (Wildman–Crippen MR) is 95.4 cm³/mol. The van der Waals surface area contributed by atoms with Crippen molar-refractivity contribution in [2.24, 2.45) is 0 Å². The van der Waals surface area contributed by atoms with E-state index in [0.29, 0.717) is 12.6 Å². The van der Waals surface area contributed by atoms with Crippen LogP contribution >= 0.6 is 11.3 Å². The number of aromatic nitrogens is 3. The Kier molecular flexibility index (Phi) is 3.35. The first-order chi connectivity index (χ1) is 11.8. The number of rotatable bonds is 3. The van der Waals surface area contributed by atoms with Crippen molar-refractivity contribution in [3.05, 3.63) is 50.6 Å². The Balaban J connectivity index is 1.48. The molecule has 3 aromatic heterocycles. The van der Waals surface area contributed by atoms with E-state index in [9.17, 15) is 4.79 Å². The van der Waals surface area contributed by atoms with Crippen molar-refractivity contribution < 1.29 is 0 Å². The lowest BCUT2D eigenvalue weighted by molar-refractivity contribution is 0.239. The maximum Gasteiger partial charge on any atom is 0.259 e. The molecule has 0 saturated carbocycles. The average molecular weight is 340 g/mol. The van der Waals surface area contributed by atoms with Crippen LogP contribution in [0.2, 0.25) is 0 Å². The second-order valence-electron chi connectivity index (χ2n) is 6.80. The quantitative estimate of drug-likeness (QED) is 0.770. The molecule has 3 aromatic rings. The van der Waals surface area contributed by atoms with Gasteiger partial charge in [0.15, 0.2) is 0 Å². The summed E-state index contributed by atoms with van der Waals surface area (Å²) < 4.78 is 0. The van der Waals surface area contributed by atoms with Crippen LogP contribution in [0.5, 0.6) is 0 Å². The van der Waals surface area contributed by atoms with Crippen LogP contribution in [0, 0.1) is 0 Å². The number of hydrogen-bond donors (Lipinski definition) is 2. The fourth-order valence-electron chi connectivity index (χ4n) is 4.23. The van der Waals surface area contributed by atoms with Gasteiger partial charge in [0, 0.05) is 16.8 Å². The Morgan fingerprint density at radius 2 is 2.29 bits per heavy atom. The number of hydrogen-bond acceptors (Lipinski definition) is 4. The van der Waals surface area contributed by atoms with Gasteiger partial charge in [-0.2, -0.15) is 0 Å². The van der Waals surface area contributed by atoms with Crippen LogP contribution in [0.3, 0.4) is 0 Å². The summed E-state index contributed by atoms with van der Waals surface area (Å²) in [5.74, 6) is 0.797. The highest BCUT2D eigenvalue weighted by Gasteiger charge is 2.28. The maximum absolute atomic E-state index is 12.6. The molecule has 0 radical (unpaired) electrons. The van der Waals surface area contributed by atoms with Crippen molar-refractivity contribution in [1.82, 2.24) is 19.9 Å². The van der Waals surface area contributed by atoms with Gasteiger partial charge in [0.25, 0.3) is 5.56 Å². The van der Waals surface area contributed by atoms with Crippen molar-refractivity contribution in [3.63, 3.8) is 0 Å². The number of nitrogens with zero attached hydrogens (tertiary/aromatic N) is 2. The summed E-state index contributed by atoms with van der Waals surface area (Å²) >= 11 is 1.72. The zero-order chi connectivity index (χ0) is 16.1. The van der Waals surface area contributed by atoms with Crippen LogP contribution in [-0.4, -0.2) is 26.4 Å². The number of likely N-dealkylation sites (tertiary alicyclic amines) is 1. The lowest BCUT2D eigenvalue weighted by atomic mass is 10.1. The van der Waals surface area contributed by atoms with Crippen molar-refractivity contribution in [2.75, 3.05) is 6.54 Å². The van der Waals surface area contributed by atoms with Crippen molar-refractivity contribution in [1.29, 1.82) is 0 Å². The molecule has 1 aliphatic carbocycles. The Labute approximate surface area is 143 Å². The minimum absolute atomic E-state index is 0.0463. The highest BCUT2D eigenvalue weighted by Crippen LogP contribution is 2.35. The third-order valence-electron chi connectivity index (χ3n) is 5.32. The number of nitrogens with one attached hydrogen (secondary N) is 2. The number of H-pyrrole nitrogens is 2. The number of aromatic amines is 2. The molecule has 5 rings (SSSR count). The molecule has 0 aromatic carbocycles. The summed E-state index contributed by atoms with van der Waals surface area (Å²) in [5, 5.41) is 0.846. The van der Waals surface area contributed by atoms with E-state index in [1.54, 1.807) is 11.3 Å². The first-order valence-electron chi connectivity index (χ1n) is 8.70. The predicted octanol–water partition coefficient (Wildman–Crippen LogP) is 3.14. The van der Waals surface area contributed by atoms with Crippen molar-refractivity contribution in [3.8, 4) is 0 Å². The van der Waals surface area contributed by atoms with Crippen LogP contribution < -0.4 is 5.56 Å². The first kappa shape index (κ1) is 14.4. The molecular formula is C18H20N4OS. The van der Waals surface area contributed by atoms with Gasteiger partial charge >= 0.3 is 0 Å². The molecule has 2 N–H and O–H groups in total. The largest absolute Gasteiger partial charge is 0.364 e. The molecule has 6 heteroatoms. The van der Waals surface area contributed by atoms with Gasteiger partial charge < -0.3 is 9.97 Å². The molecular weight excluding hydrogens is 320 g/mol. The summed E-state index contributed by atoms with van der Waals surface area (Å²) in [4.78, 5) is 28.5. The zero-order valence-corrected chi connectivity index (χ0v) is 14.3. The molecule has 1 aliphatic heterocycles. The van der Waals surface area contributed by atoms with Crippen LogP contribution in [0.15, 0.2) is 23.1 Å². The van der Waals surface area contributed by atoms with Crippen LogP contribution in [0.1, 0.15) is 47.3 Å². The van der Waals surface area contributed by atoms with Gasteiger partial charge in [-0.15, -0.1) is 11.3 Å². The minimum atomic E-state index is 0.0463. The second-order valence-corrected chi connectivity index (χ2v) is 7.89. The lowest BCUT2D eigenvalue weighted by Crippen LogP contribution is -2.25. The third kappa shape index (κ3) is 2.24. The summed E-state index contributed by atoms with van der Waals surface area (Å²) in [5.41, 5.74) is 2.55. The molecule has 1 fully saturated rings. The molecule has 0 unspecified atom stereocenters. The second kappa shape index (κ2) is 5.57. The summed E-state index contributed by atoms with van der Waals surface area (Å²) in [7, 11) is 0. The van der Waals surface area contributed by atoms with Gasteiger partial charge in [0.1, 0.15) is 10.7 Å². The molecule has 1 atom stereocenters. The van der Waals surface area contributed by atoms with Crippen LogP contribution in [0.4, 0.5) is 0 Å². The molecule has 24 heavy (non-hydrogen) atoms. The van der Waals surface area contributed by atoms with Gasteiger partial charge in [-0.25, -0.2) is 4.98 Å². The van der Waals surface area contributed by atoms with E-state index in [4.69, 9.17) is 4.98 Å². The monoisotopic (exact) mass is 340 g/mol. The fourth-order valence-corrected chi connectivity index (χ4v) is 5.51. The first-order valence-corrected chi connectivity index (χ1v) is 9.52. The normalized spacial score (nSPS) is 20.9. The standard InChI is InChI=1S/C18H20N4OS/c23-17-16-11-4-1-7-14(11)24-18(16)21-15(20-17)10-22-9-3-6-13(22)12-5-2-8-19-12/h2,5,8,13,19H,1,3-4,6-7,9-10H2,(H,20,21,23)/t13-/m0/s1. The Hall–Kier alpha value is -1.92. The molecule has 2 aliphatic rings. The van der Waals surface area contributed by atoms with Gasteiger partial charge in [-0.3, -0.25) is 9.69 Å². The highest BCUT2D eigenvalue weighted by atomic mass is 32.1. The molecule has 1 saturated heterocycles. The van der Waals surface area contributed by atoms with Crippen LogP contribution in [0.25, 0.3) is 10.2 Å². The van der Waals surface area contributed by atoms with Gasteiger partial charge in [-0.1, -0.05) is 0 Å². The van der Waals surface area contributed by atoms with Crippen molar-refractivity contribution in [2.45, 2.75) is 44.7 Å². The van der Waals surface area contributed by atoms with E-state index in [2.05, 4.69) is 20.9 Å². The van der Waals surface area contributed by atoms with Gasteiger partial charge in [-0.05, 0) is 56.3 Å². The number of thiophene rings is 1. The molecule has 0 spiro atoms. The van der Waals surface area contributed by atoms with E-state index in [1.807, 2.05) is 12.3 Å². The Morgan fingerprint density at radius 1 is 1.33 bits per heavy atom. The Morgan fingerprint density at radius 3 is 3.17 bits per heavy atom. The smallest absolute Gasteiger partial charge is 0.259 e. The van der Waals surface area contributed by atoms with Gasteiger partial charge in [0.2, 0.25) is 0 Å². The molecule has 4 heterocycles. The SMILES string of the molecule is O=c1[nH]c(CN2CCC[C@H]2c2ccc[nH]2)nc2sc3c(c12)CCC3. The summed E-state index contributed by atoms with van der Waals surface area (Å²) in [6.45, 7) is 1.75. The Bertz CT molecular complexity index is 940. The summed E-state index contributed by atoms with van der Waals surface area (Å²) in [6.07, 6.45) is 7.62. The maximum atomic E-state index is 12.6. The zero-order valence-electron chi connectivity index (χ0n) is 13.5. The minimum Gasteiger partial charge on any atom is -0.364 e. The fraction of sp³-hybridized carbons (Fsp3) is 0.444. The molecule has 5 nitrogen and oxygen atoms in total. The van der Waals surface area contributed by atoms with Gasteiger partial charge in [0.05, 0.1) is 18.0 Å². The van der Waals surface area contributed by atoms with Crippen LogP contribution in [-0.2, 0) is 19.4 Å². The van der Waals surface area contributed by atoms with E-state index in [1.165, 1.54) is 29.0 Å². The molecule has 124 valence electrons. The van der Waals surface area contributed by atoms with E-state index >= 15 is 0 Å². The average Bonchev–Trinajstić information content (AvgIpc) is 3.30. The summed E-state index contributed by atoms with van der Waals surface area (Å²) in [6, 6.07) is 4.59. The van der Waals surface area contributed by atoms with E-state index in [-0.39, 0.29) is 5.56 Å². The lowest BCUT2D eigenvalue weighted by Gasteiger charge is -2.23. The highest BCUT2D eigenvalue weighted by molar-refractivity contribution is 7.18. The topological polar surface area (TPSA) is 64.8 Å². The van der Waals surface area contributed by atoms with Crippen molar-refractivity contribution >= 4 is 21.6 Å². The van der Waals surface area contributed by atoms with E-state index < -0.39 is 0 Å². The molecule has 0 amide bonds. The van der Waals surface area contributed by atoms with E-state index in [0.717, 1.165) is 41.8 Å². The number of fused-ring (bicyclic) bond motifs is 3. The third-order valence-corrected chi connectivity index (χ3v) is 6.51. The number of aryl methyl sites for hydroxylation is 2.